The van der Waals surface area contributed by atoms with Crippen LogP contribution < -0.4 is 10.2 Å². The van der Waals surface area contributed by atoms with Crippen LogP contribution in [0.3, 0.4) is 0 Å². The number of carbonyl (C=O) groups excluding carboxylic acids is 3. The Kier molecular flexibility index (Phi) is 6.58. The average molecular weight is 398 g/mol. The Morgan fingerprint density at radius 3 is 2.52 bits per heavy atom. The van der Waals surface area contributed by atoms with Crippen LogP contribution in [0.5, 0.6) is 0 Å². The van der Waals surface area contributed by atoms with Gasteiger partial charge in [-0.1, -0.05) is 17.3 Å². The van der Waals surface area contributed by atoms with Crippen LogP contribution in [0.4, 0.5) is 5.69 Å². The quantitative estimate of drug-likeness (QED) is 0.720. The summed E-state index contributed by atoms with van der Waals surface area (Å²) < 4.78 is 1.37. The van der Waals surface area contributed by atoms with Gasteiger partial charge in [-0.2, -0.15) is 0 Å². The predicted molar refractivity (Wildman–Crippen MR) is 107 cm³/mol. The first kappa shape index (κ1) is 20.5. The van der Waals surface area contributed by atoms with Gasteiger partial charge in [0.15, 0.2) is 5.69 Å². The highest BCUT2D eigenvalue weighted by Crippen LogP contribution is 2.21. The van der Waals surface area contributed by atoms with Crippen molar-refractivity contribution < 1.29 is 14.4 Å². The number of carbonyl (C=O) groups is 3. The molecule has 29 heavy (non-hydrogen) atoms. The molecule has 1 N–H and O–H groups in total. The van der Waals surface area contributed by atoms with Crippen molar-refractivity contribution >= 4 is 23.4 Å². The lowest BCUT2D eigenvalue weighted by molar-refractivity contribution is -0.131. The number of benzene rings is 1. The van der Waals surface area contributed by atoms with Crippen molar-refractivity contribution in [1.82, 2.24) is 25.2 Å². The molecule has 0 atom stereocenters. The van der Waals surface area contributed by atoms with Gasteiger partial charge in [0, 0.05) is 38.3 Å². The molecule has 0 aliphatic carbocycles. The molecule has 0 spiro atoms. The number of nitrogens with zero attached hydrogens (tertiary/aromatic N) is 5. The molecular weight excluding hydrogens is 372 g/mol. The number of likely N-dealkylation sites (N-methyl/N-ethyl adjacent to an activating group) is 1. The molecule has 1 fully saturated rings. The first-order chi connectivity index (χ1) is 14.0. The largest absolute Gasteiger partial charge is 0.347 e. The molecule has 1 saturated heterocycles. The lowest BCUT2D eigenvalue weighted by Crippen LogP contribution is -2.33. The third-order valence-electron chi connectivity index (χ3n) is 4.96. The van der Waals surface area contributed by atoms with E-state index in [1.807, 2.05) is 38.1 Å². The summed E-state index contributed by atoms with van der Waals surface area (Å²) in [5.41, 5.74) is 1.96. The Bertz CT molecular complexity index is 873. The third kappa shape index (κ3) is 4.98. The number of aromatic nitrogens is 3. The summed E-state index contributed by atoms with van der Waals surface area (Å²) in [5.74, 6) is -0.276. The fraction of sp³-hybridized carbons (Fsp3) is 0.450. The van der Waals surface area contributed by atoms with Crippen LogP contribution in [0.1, 0.15) is 42.7 Å². The van der Waals surface area contributed by atoms with Gasteiger partial charge in [0.2, 0.25) is 11.8 Å². The van der Waals surface area contributed by atoms with Gasteiger partial charge >= 0.3 is 0 Å². The van der Waals surface area contributed by atoms with E-state index in [0.717, 1.165) is 24.2 Å². The molecule has 3 rings (SSSR count). The van der Waals surface area contributed by atoms with Crippen LogP contribution in [0.25, 0.3) is 0 Å². The number of nitrogens with one attached hydrogen (secondary N) is 1. The van der Waals surface area contributed by atoms with Crippen molar-refractivity contribution in [1.29, 1.82) is 0 Å². The highest BCUT2D eigenvalue weighted by atomic mass is 16.2. The molecule has 0 bridgehead atoms. The molecule has 0 unspecified atom stereocenters. The first-order valence-corrected chi connectivity index (χ1v) is 9.87. The van der Waals surface area contributed by atoms with Gasteiger partial charge in [-0.3, -0.25) is 14.4 Å². The molecule has 0 radical (unpaired) electrons. The Balaban J connectivity index is 1.52. The molecule has 9 nitrogen and oxygen atoms in total. The van der Waals surface area contributed by atoms with Crippen molar-refractivity contribution in [3.8, 4) is 0 Å². The minimum absolute atomic E-state index is 0.0542. The Morgan fingerprint density at radius 1 is 1.17 bits per heavy atom. The molecule has 2 heterocycles. The number of hydrogen-bond acceptors (Lipinski definition) is 5. The van der Waals surface area contributed by atoms with Gasteiger partial charge in [0.1, 0.15) is 6.54 Å². The zero-order chi connectivity index (χ0) is 20.8. The second-order valence-electron chi connectivity index (χ2n) is 6.87. The van der Waals surface area contributed by atoms with Gasteiger partial charge < -0.3 is 15.1 Å². The summed E-state index contributed by atoms with van der Waals surface area (Å²) in [5, 5.41) is 10.5. The van der Waals surface area contributed by atoms with E-state index in [2.05, 4.69) is 15.6 Å². The second kappa shape index (κ2) is 9.31. The van der Waals surface area contributed by atoms with Gasteiger partial charge in [-0.05, 0) is 38.0 Å². The fourth-order valence-electron chi connectivity index (χ4n) is 3.28. The molecule has 154 valence electrons. The van der Waals surface area contributed by atoms with Gasteiger partial charge in [-0.25, -0.2) is 4.68 Å². The minimum atomic E-state index is -0.356. The van der Waals surface area contributed by atoms with Crippen LogP contribution in [-0.2, 0) is 22.7 Å². The van der Waals surface area contributed by atoms with Crippen LogP contribution in [0.15, 0.2) is 30.5 Å². The lowest BCUT2D eigenvalue weighted by Gasteiger charge is -2.17. The van der Waals surface area contributed by atoms with E-state index in [-0.39, 0.29) is 30.0 Å². The van der Waals surface area contributed by atoms with E-state index in [1.54, 1.807) is 9.80 Å². The molecule has 3 amide bonds. The van der Waals surface area contributed by atoms with Crippen molar-refractivity contribution in [2.75, 3.05) is 24.5 Å². The molecule has 0 saturated carbocycles. The summed E-state index contributed by atoms with van der Waals surface area (Å²) in [7, 11) is 0. The maximum absolute atomic E-state index is 12.3. The first-order valence-electron chi connectivity index (χ1n) is 9.87. The Morgan fingerprint density at radius 2 is 1.90 bits per heavy atom. The number of anilines is 1. The van der Waals surface area contributed by atoms with Gasteiger partial charge in [0.05, 0.1) is 6.20 Å². The van der Waals surface area contributed by atoms with E-state index < -0.39 is 0 Å². The molecular formula is C20H26N6O3. The summed E-state index contributed by atoms with van der Waals surface area (Å²) in [4.78, 5) is 39.7. The van der Waals surface area contributed by atoms with Crippen molar-refractivity contribution in [2.45, 2.75) is 39.8 Å². The highest BCUT2D eigenvalue weighted by Gasteiger charge is 2.21. The van der Waals surface area contributed by atoms with Gasteiger partial charge in [0.25, 0.3) is 5.91 Å². The number of amides is 3. The molecule has 1 aliphatic heterocycles. The van der Waals surface area contributed by atoms with Crippen molar-refractivity contribution in [3.63, 3.8) is 0 Å². The van der Waals surface area contributed by atoms with E-state index in [9.17, 15) is 14.4 Å². The monoisotopic (exact) mass is 398 g/mol. The maximum atomic E-state index is 12.3. The SMILES string of the molecule is CCN(CC)C(=O)Cn1cc(C(=O)NCc2ccc(N3CCCC3=O)cc2)nn1. The minimum Gasteiger partial charge on any atom is -0.347 e. The summed E-state index contributed by atoms with van der Waals surface area (Å²) >= 11 is 0. The van der Waals surface area contributed by atoms with Crippen molar-refractivity contribution in [3.05, 3.63) is 41.7 Å². The summed E-state index contributed by atoms with van der Waals surface area (Å²) in [6, 6.07) is 7.56. The number of hydrogen-bond donors (Lipinski definition) is 1. The van der Waals surface area contributed by atoms with Crippen LogP contribution in [-0.4, -0.2) is 57.2 Å². The van der Waals surface area contributed by atoms with E-state index in [0.29, 0.717) is 26.1 Å². The molecule has 1 aliphatic rings. The summed E-state index contributed by atoms with van der Waals surface area (Å²) in [6.07, 6.45) is 2.95. The van der Waals surface area contributed by atoms with Gasteiger partial charge in [-0.15, -0.1) is 5.10 Å². The van der Waals surface area contributed by atoms with E-state index in [1.165, 1.54) is 10.9 Å². The van der Waals surface area contributed by atoms with E-state index in [4.69, 9.17) is 0 Å². The second-order valence-corrected chi connectivity index (χ2v) is 6.87. The Hall–Kier alpha value is -3.23. The standard InChI is InChI=1S/C20H26N6O3/c1-3-24(4-2)19(28)14-25-13-17(22-23-25)20(29)21-12-15-7-9-16(10-8-15)26-11-5-6-18(26)27/h7-10,13H,3-6,11-12,14H2,1-2H3,(H,21,29). The van der Waals surface area contributed by atoms with E-state index >= 15 is 0 Å². The third-order valence-corrected chi connectivity index (χ3v) is 4.96. The molecule has 1 aromatic carbocycles. The van der Waals surface area contributed by atoms with Crippen LogP contribution in [0.2, 0.25) is 0 Å². The fourth-order valence-corrected chi connectivity index (χ4v) is 3.28. The zero-order valence-electron chi connectivity index (χ0n) is 16.8. The Labute approximate surface area is 169 Å². The zero-order valence-corrected chi connectivity index (χ0v) is 16.8. The molecule has 2 aromatic rings. The normalized spacial score (nSPS) is 13.6. The van der Waals surface area contributed by atoms with Crippen LogP contribution >= 0.6 is 0 Å². The molecule has 1 aromatic heterocycles. The van der Waals surface area contributed by atoms with Crippen molar-refractivity contribution in [2.24, 2.45) is 0 Å². The van der Waals surface area contributed by atoms with Crippen LogP contribution in [0, 0.1) is 0 Å². The highest BCUT2D eigenvalue weighted by molar-refractivity contribution is 5.95. The topological polar surface area (TPSA) is 100 Å². The predicted octanol–water partition coefficient (Wildman–Crippen LogP) is 1.20. The average Bonchev–Trinajstić information content (AvgIpc) is 3.36. The maximum Gasteiger partial charge on any atom is 0.273 e. The smallest absolute Gasteiger partial charge is 0.273 e. The molecule has 9 heteroatoms. The lowest BCUT2D eigenvalue weighted by atomic mass is 10.2. The number of rotatable bonds is 8. The summed E-state index contributed by atoms with van der Waals surface area (Å²) in [6.45, 7) is 6.22.